The molecular formula is C22H19ClN4. The van der Waals surface area contributed by atoms with E-state index in [2.05, 4.69) is 32.7 Å². The van der Waals surface area contributed by atoms with Crippen molar-refractivity contribution in [2.75, 3.05) is 10.6 Å². The average Bonchev–Trinajstić information content (AvgIpc) is 2.72. The molecule has 4 rings (SSSR count). The van der Waals surface area contributed by atoms with Gasteiger partial charge in [0.1, 0.15) is 5.82 Å². The number of nitrogens with zero attached hydrogens (tertiary/aromatic N) is 2. The summed E-state index contributed by atoms with van der Waals surface area (Å²) in [5.74, 6) is 1.38. The predicted octanol–water partition coefficient (Wildman–Crippen LogP) is 5.51. The van der Waals surface area contributed by atoms with Crippen LogP contribution >= 0.6 is 11.6 Å². The fraction of sp³-hybridized carbons (Fsp3) is 0.0909. The summed E-state index contributed by atoms with van der Waals surface area (Å²) in [5.41, 5.74) is 3.10. The largest absolute Gasteiger partial charge is 0.365 e. The van der Waals surface area contributed by atoms with Crippen molar-refractivity contribution in [1.29, 1.82) is 0 Å². The highest BCUT2D eigenvalue weighted by Gasteiger charge is 2.08. The monoisotopic (exact) mass is 374 g/mol. The SMILES string of the molecule is Clc1ccccc1CNc1nc(NCc2ccccc2)nc2ccccc12. The zero-order chi connectivity index (χ0) is 18.5. The van der Waals surface area contributed by atoms with Crippen LogP contribution in [0.1, 0.15) is 11.1 Å². The molecule has 0 atom stereocenters. The highest BCUT2D eigenvalue weighted by molar-refractivity contribution is 6.31. The fourth-order valence-electron chi connectivity index (χ4n) is 2.89. The Morgan fingerprint density at radius 3 is 2.30 bits per heavy atom. The van der Waals surface area contributed by atoms with Gasteiger partial charge in [0.05, 0.1) is 5.52 Å². The van der Waals surface area contributed by atoms with Crippen LogP contribution in [0.4, 0.5) is 11.8 Å². The second kappa shape index (κ2) is 8.06. The van der Waals surface area contributed by atoms with E-state index in [1.165, 1.54) is 5.56 Å². The lowest BCUT2D eigenvalue weighted by Gasteiger charge is -2.12. The summed E-state index contributed by atoms with van der Waals surface area (Å²) in [4.78, 5) is 9.32. The third-order valence-corrected chi connectivity index (χ3v) is 4.67. The van der Waals surface area contributed by atoms with Crippen molar-refractivity contribution in [2.45, 2.75) is 13.1 Å². The third-order valence-electron chi connectivity index (χ3n) is 4.30. The van der Waals surface area contributed by atoms with E-state index in [1.54, 1.807) is 0 Å². The summed E-state index contributed by atoms with van der Waals surface area (Å²) in [6.07, 6.45) is 0. The van der Waals surface area contributed by atoms with E-state index in [0.717, 1.165) is 27.3 Å². The minimum atomic E-state index is 0.596. The molecule has 0 amide bonds. The second-order valence-electron chi connectivity index (χ2n) is 6.20. The number of aromatic nitrogens is 2. The molecule has 0 saturated carbocycles. The van der Waals surface area contributed by atoms with E-state index in [-0.39, 0.29) is 0 Å². The minimum Gasteiger partial charge on any atom is -0.365 e. The molecular weight excluding hydrogens is 356 g/mol. The number of halogens is 1. The highest BCUT2D eigenvalue weighted by atomic mass is 35.5. The van der Waals surface area contributed by atoms with E-state index in [9.17, 15) is 0 Å². The molecule has 1 heterocycles. The van der Waals surface area contributed by atoms with Gasteiger partial charge in [0.15, 0.2) is 0 Å². The molecule has 27 heavy (non-hydrogen) atoms. The van der Waals surface area contributed by atoms with Gasteiger partial charge in [-0.25, -0.2) is 4.98 Å². The van der Waals surface area contributed by atoms with Gasteiger partial charge in [-0.2, -0.15) is 4.98 Å². The molecule has 0 aliphatic rings. The smallest absolute Gasteiger partial charge is 0.225 e. The lowest BCUT2D eigenvalue weighted by Crippen LogP contribution is -2.08. The molecule has 0 saturated heterocycles. The first kappa shape index (κ1) is 17.3. The number of anilines is 2. The Balaban J connectivity index is 1.59. The molecule has 3 aromatic carbocycles. The molecule has 4 nitrogen and oxygen atoms in total. The van der Waals surface area contributed by atoms with Crippen molar-refractivity contribution in [3.05, 3.63) is 95.0 Å². The van der Waals surface area contributed by atoms with Crippen LogP contribution in [0.25, 0.3) is 10.9 Å². The Labute approximate surface area is 163 Å². The number of hydrogen-bond donors (Lipinski definition) is 2. The molecule has 0 radical (unpaired) electrons. The second-order valence-corrected chi connectivity index (χ2v) is 6.60. The minimum absolute atomic E-state index is 0.596. The van der Waals surface area contributed by atoms with E-state index in [4.69, 9.17) is 11.6 Å². The lowest BCUT2D eigenvalue weighted by atomic mass is 10.2. The standard InChI is InChI=1S/C22H19ClN4/c23-19-12-6-4-10-17(19)15-24-21-18-11-5-7-13-20(18)26-22(27-21)25-14-16-8-2-1-3-9-16/h1-13H,14-15H2,(H2,24,25,26,27). The topological polar surface area (TPSA) is 49.8 Å². The van der Waals surface area contributed by atoms with Crippen molar-refractivity contribution < 1.29 is 0 Å². The molecule has 0 unspecified atom stereocenters. The van der Waals surface area contributed by atoms with Crippen molar-refractivity contribution >= 4 is 34.3 Å². The number of nitrogens with one attached hydrogen (secondary N) is 2. The maximum atomic E-state index is 6.27. The Hall–Kier alpha value is -3.11. The van der Waals surface area contributed by atoms with Crippen LogP contribution < -0.4 is 10.6 Å². The van der Waals surface area contributed by atoms with Gasteiger partial charge in [-0.15, -0.1) is 0 Å². The summed E-state index contributed by atoms with van der Waals surface area (Å²) >= 11 is 6.27. The van der Waals surface area contributed by atoms with Crippen molar-refractivity contribution in [3.63, 3.8) is 0 Å². The first-order valence-corrected chi connectivity index (χ1v) is 9.19. The van der Waals surface area contributed by atoms with Gasteiger partial charge in [-0.3, -0.25) is 0 Å². The lowest BCUT2D eigenvalue weighted by molar-refractivity contribution is 1.05. The van der Waals surface area contributed by atoms with Gasteiger partial charge in [0, 0.05) is 23.5 Å². The molecule has 4 aromatic rings. The van der Waals surface area contributed by atoms with E-state index >= 15 is 0 Å². The van der Waals surface area contributed by atoms with Gasteiger partial charge < -0.3 is 10.6 Å². The normalized spacial score (nSPS) is 10.7. The van der Waals surface area contributed by atoms with Gasteiger partial charge in [-0.05, 0) is 29.3 Å². The molecule has 1 aromatic heterocycles. The molecule has 5 heteroatoms. The number of benzene rings is 3. The van der Waals surface area contributed by atoms with Crippen molar-refractivity contribution in [2.24, 2.45) is 0 Å². The maximum Gasteiger partial charge on any atom is 0.225 e. The molecule has 2 N–H and O–H groups in total. The number of rotatable bonds is 6. The molecule has 0 aliphatic carbocycles. The third kappa shape index (κ3) is 4.18. The highest BCUT2D eigenvalue weighted by Crippen LogP contribution is 2.24. The Morgan fingerprint density at radius 2 is 1.44 bits per heavy atom. The Bertz CT molecular complexity index is 1050. The first-order chi connectivity index (χ1) is 13.3. The number of fused-ring (bicyclic) bond motifs is 1. The van der Waals surface area contributed by atoms with Crippen LogP contribution in [0.3, 0.4) is 0 Å². The molecule has 134 valence electrons. The quantitative estimate of drug-likeness (QED) is 0.467. The van der Waals surface area contributed by atoms with E-state index in [0.29, 0.717) is 19.0 Å². The first-order valence-electron chi connectivity index (χ1n) is 8.81. The predicted molar refractivity (Wildman–Crippen MR) is 112 cm³/mol. The number of para-hydroxylation sites is 1. The summed E-state index contributed by atoms with van der Waals surface area (Å²) in [5, 5.41) is 8.45. The van der Waals surface area contributed by atoms with Crippen molar-refractivity contribution in [3.8, 4) is 0 Å². The van der Waals surface area contributed by atoms with Gasteiger partial charge >= 0.3 is 0 Å². The van der Waals surface area contributed by atoms with Crippen LogP contribution in [-0.2, 0) is 13.1 Å². The average molecular weight is 375 g/mol. The zero-order valence-electron chi connectivity index (χ0n) is 14.7. The summed E-state index contributed by atoms with van der Waals surface area (Å²) < 4.78 is 0. The summed E-state index contributed by atoms with van der Waals surface area (Å²) in [6.45, 7) is 1.27. The molecule has 0 aliphatic heterocycles. The van der Waals surface area contributed by atoms with Gasteiger partial charge in [0.2, 0.25) is 5.95 Å². The van der Waals surface area contributed by atoms with E-state index < -0.39 is 0 Å². The van der Waals surface area contributed by atoms with Crippen LogP contribution in [0.2, 0.25) is 5.02 Å². The zero-order valence-corrected chi connectivity index (χ0v) is 15.4. The number of hydrogen-bond acceptors (Lipinski definition) is 4. The van der Waals surface area contributed by atoms with Crippen LogP contribution in [0, 0.1) is 0 Å². The van der Waals surface area contributed by atoms with Crippen LogP contribution in [-0.4, -0.2) is 9.97 Å². The Kier molecular flexibility index (Phi) is 5.17. The molecule has 0 bridgehead atoms. The Morgan fingerprint density at radius 1 is 0.704 bits per heavy atom. The van der Waals surface area contributed by atoms with Gasteiger partial charge in [0.25, 0.3) is 0 Å². The van der Waals surface area contributed by atoms with Crippen LogP contribution in [0.5, 0.6) is 0 Å². The molecule has 0 spiro atoms. The van der Waals surface area contributed by atoms with E-state index in [1.807, 2.05) is 66.7 Å². The molecule has 0 fully saturated rings. The summed E-state index contributed by atoms with van der Waals surface area (Å²) in [6, 6.07) is 26.0. The summed E-state index contributed by atoms with van der Waals surface area (Å²) in [7, 11) is 0. The van der Waals surface area contributed by atoms with Gasteiger partial charge in [-0.1, -0.05) is 72.3 Å². The fourth-order valence-corrected chi connectivity index (χ4v) is 3.09. The van der Waals surface area contributed by atoms with Crippen LogP contribution in [0.15, 0.2) is 78.9 Å². The maximum absolute atomic E-state index is 6.27. The van der Waals surface area contributed by atoms with Crippen molar-refractivity contribution in [1.82, 2.24) is 9.97 Å².